The summed E-state index contributed by atoms with van der Waals surface area (Å²) in [5.41, 5.74) is 0.561. The van der Waals surface area contributed by atoms with Crippen LogP contribution in [0.2, 0.25) is 0 Å². The maximum Gasteiger partial charge on any atom is 0.227 e. The van der Waals surface area contributed by atoms with E-state index in [1.54, 1.807) is 0 Å². The number of piperidine rings is 1. The Morgan fingerprint density at radius 2 is 1.95 bits per heavy atom. The van der Waals surface area contributed by atoms with Crippen molar-refractivity contribution in [3.8, 4) is 0 Å². The summed E-state index contributed by atoms with van der Waals surface area (Å²) in [7, 11) is 4.13. The van der Waals surface area contributed by atoms with Crippen LogP contribution in [0, 0.1) is 5.41 Å². The number of rotatable bonds is 2. The minimum atomic E-state index is 0.561. The van der Waals surface area contributed by atoms with Gasteiger partial charge in [-0.05, 0) is 44.3 Å². The number of anilines is 2. The van der Waals surface area contributed by atoms with Crippen LogP contribution in [-0.4, -0.2) is 55.1 Å². The highest BCUT2D eigenvalue weighted by atomic mass is 15.3. The van der Waals surface area contributed by atoms with E-state index in [4.69, 9.17) is 0 Å². The van der Waals surface area contributed by atoms with Gasteiger partial charge in [0, 0.05) is 32.9 Å². The molecule has 1 aromatic rings. The lowest BCUT2D eigenvalue weighted by molar-refractivity contribution is 0.221. The van der Waals surface area contributed by atoms with E-state index < -0.39 is 0 Å². The lowest BCUT2D eigenvalue weighted by Crippen LogP contribution is -2.42. The van der Waals surface area contributed by atoms with Crippen LogP contribution in [-0.2, 0) is 0 Å². The van der Waals surface area contributed by atoms with Crippen molar-refractivity contribution in [1.82, 2.24) is 14.9 Å². The molecule has 0 radical (unpaired) electrons. The Balaban J connectivity index is 1.66. The fourth-order valence-electron chi connectivity index (χ4n) is 3.39. The number of hydrogen-bond donors (Lipinski definition) is 1. The first-order valence-electron chi connectivity index (χ1n) is 7.15. The highest BCUT2D eigenvalue weighted by Crippen LogP contribution is 2.40. The average Bonchev–Trinajstić information content (AvgIpc) is 2.81. The van der Waals surface area contributed by atoms with Crippen LogP contribution in [0.15, 0.2) is 12.3 Å². The monoisotopic (exact) mass is 261 g/mol. The van der Waals surface area contributed by atoms with Crippen LogP contribution >= 0.6 is 0 Å². The molecule has 19 heavy (non-hydrogen) atoms. The molecule has 3 rings (SSSR count). The van der Waals surface area contributed by atoms with Crippen molar-refractivity contribution in [3.05, 3.63) is 12.3 Å². The van der Waals surface area contributed by atoms with Crippen molar-refractivity contribution in [2.45, 2.75) is 19.3 Å². The molecule has 0 unspecified atom stereocenters. The summed E-state index contributed by atoms with van der Waals surface area (Å²) >= 11 is 0. The van der Waals surface area contributed by atoms with Gasteiger partial charge in [0.2, 0.25) is 5.95 Å². The number of nitrogens with one attached hydrogen (secondary N) is 1. The Morgan fingerprint density at radius 3 is 2.58 bits per heavy atom. The second kappa shape index (κ2) is 4.96. The fourth-order valence-corrected chi connectivity index (χ4v) is 3.39. The Morgan fingerprint density at radius 1 is 1.21 bits per heavy atom. The van der Waals surface area contributed by atoms with Crippen molar-refractivity contribution >= 4 is 11.8 Å². The summed E-state index contributed by atoms with van der Waals surface area (Å²) < 4.78 is 0. The van der Waals surface area contributed by atoms with Gasteiger partial charge >= 0.3 is 0 Å². The van der Waals surface area contributed by atoms with E-state index in [1.807, 2.05) is 19.3 Å². The summed E-state index contributed by atoms with van der Waals surface area (Å²) in [6.07, 6.45) is 5.73. The Hall–Kier alpha value is -1.36. The molecule has 1 aromatic heterocycles. The summed E-state index contributed by atoms with van der Waals surface area (Å²) in [6, 6.07) is 1.90. The lowest BCUT2D eigenvalue weighted by Gasteiger charge is -2.39. The van der Waals surface area contributed by atoms with Gasteiger partial charge in [-0.1, -0.05) is 0 Å². The Labute approximate surface area is 115 Å². The van der Waals surface area contributed by atoms with Gasteiger partial charge in [0.15, 0.2) is 0 Å². The van der Waals surface area contributed by atoms with Gasteiger partial charge in [-0.2, -0.15) is 4.98 Å². The van der Waals surface area contributed by atoms with Gasteiger partial charge in [0.25, 0.3) is 0 Å². The Kier molecular flexibility index (Phi) is 3.31. The molecule has 2 fully saturated rings. The summed E-state index contributed by atoms with van der Waals surface area (Å²) in [5.74, 6) is 1.76. The molecule has 0 aromatic carbocycles. The zero-order valence-corrected chi connectivity index (χ0v) is 11.9. The van der Waals surface area contributed by atoms with E-state index in [1.165, 1.54) is 32.4 Å². The van der Waals surface area contributed by atoms with E-state index in [0.29, 0.717) is 5.41 Å². The second-order valence-corrected chi connectivity index (χ2v) is 5.97. The molecule has 2 aliphatic heterocycles. The minimum absolute atomic E-state index is 0.561. The van der Waals surface area contributed by atoms with E-state index in [9.17, 15) is 0 Å². The average molecular weight is 261 g/mol. The number of likely N-dealkylation sites (tertiary alicyclic amines) is 1. The molecule has 0 saturated carbocycles. The molecule has 1 N–H and O–H groups in total. The molecule has 5 heteroatoms. The molecule has 2 aliphatic rings. The molecule has 3 heterocycles. The number of hydrogen-bond acceptors (Lipinski definition) is 5. The topological polar surface area (TPSA) is 44.3 Å². The van der Waals surface area contributed by atoms with Gasteiger partial charge in [0.1, 0.15) is 5.82 Å². The fraction of sp³-hybridized carbons (Fsp3) is 0.714. The maximum absolute atomic E-state index is 4.54. The zero-order chi connectivity index (χ0) is 13.3. The standard InChI is InChI=1S/C14H23N5/c1-15-12-3-7-16-13(17-12)19-9-5-14(6-10-19)4-8-18(2)11-14/h3,7H,4-6,8-11H2,1-2H3,(H,15,16,17). The van der Waals surface area contributed by atoms with Crippen molar-refractivity contribution in [3.63, 3.8) is 0 Å². The zero-order valence-electron chi connectivity index (χ0n) is 11.9. The van der Waals surface area contributed by atoms with Crippen LogP contribution in [0.25, 0.3) is 0 Å². The molecule has 1 spiro atoms. The van der Waals surface area contributed by atoms with Crippen molar-refractivity contribution in [2.24, 2.45) is 5.41 Å². The van der Waals surface area contributed by atoms with E-state index >= 15 is 0 Å². The summed E-state index contributed by atoms with van der Waals surface area (Å²) in [6.45, 7) is 4.69. The van der Waals surface area contributed by atoms with E-state index in [0.717, 1.165) is 24.9 Å². The highest BCUT2D eigenvalue weighted by molar-refractivity contribution is 5.41. The molecule has 104 valence electrons. The van der Waals surface area contributed by atoms with Crippen molar-refractivity contribution in [2.75, 3.05) is 50.5 Å². The molecule has 2 saturated heterocycles. The molecule has 5 nitrogen and oxygen atoms in total. The smallest absolute Gasteiger partial charge is 0.227 e. The maximum atomic E-state index is 4.54. The van der Waals surface area contributed by atoms with Crippen LogP contribution < -0.4 is 10.2 Å². The highest BCUT2D eigenvalue weighted by Gasteiger charge is 2.39. The van der Waals surface area contributed by atoms with Crippen LogP contribution in [0.3, 0.4) is 0 Å². The third-order valence-electron chi connectivity index (χ3n) is 4.64. The van der Waals surface area contributed by atoms with Crippen LogP contribution in [0.5, 0.6) is 0 Å². The third kappa shape index (κ3) is 2.52. The third-order valence-corrected chi connectivity index (χ3v) is 4.64. The first-order valence-corrected chi connectivity index (χ1v) is 7.15. The largest absolute Gasteiger partial charge is 0.373 e. The summed E-state index contributed by atoms with van der Waals surface area (Å²) in [4.78, 5) is 13.7. The van der Waals surface area contributed by atoms with Gasteiger partial charge in [-0.3, -0.25) is 0 Å². The molecular formula is C14H23N5. The molecule has 0 aliphatic carbocycles. The van der Waals surface area contributed by atoms with Crippen LogP contribution in [0.4, 0.5) is 11.8 Å². The van der Waals surface area contributed by atoms with E-state index in [2.05, 4.69) is 32.1 Å². The van der Waals surface area contributed by atoms with Gasteiger partial charge < -0.3 is 15.1 Å². The number of nitrogens with zero attached hydrogens (tertiary/aromatic N) is 4. The lowest BCUT2D eigenvalue weighted by atomic mass is 9.78. The summed E-state index contributed by atoms with van der Waals surface area (Å²) in [5, 5.41) is 3.08. The molecular weight excluding hydrogens is 238 g/mol. The Bertz CT molecular complexity index is 439. The van der Waals surface area contributed by atoms with Crippen LogP contribution in [0.1, 0.15) is 19.3 Å². The molecule has 0 atom stereocenters. The quantitative estimate of drug-likeness (QED) is 0.873. The predicted octanol–water partition coefficient (Wildman–Crippen LogP) is 1.44. The first kappa shape index (κ1) is 12.7. The van der Waals surface area contributed by atoms with E-state index in [-0.39, 0.29) is 0 Å². The van der Waals surface area contributed by atoms with Crippen molar-refractivity contribution < 1.29 is 0 Å². The van der Waals surface area contributed by atoms with Gasteiger partial charge in [0.05, 0.1) is 0 Å². The van der Waals surface area contributed by atoms with Gasteiger partial charge in [-0.25, -0.2) is 4.98 Å². The minimum Gasteiger partial charge on any atom is -0.373 e. The molecule has 0 amide bonds. The molecule has 0 bridgehead atoms. The number of aromatic nitrogens is 2. The predicted molar refractivity (Wildman–Crippen MR) is 77.6 cm³/mol. The second-order valence-electron chi connectivity index (χ2n) is 5.97. The SMILES string of the molecule is CNc1ccnc(N2CCC3(CCN(C)C3)CC2)n1. The first-order chi connectivity index (χ1) is 9.21. The van der Waals surface area contributed by atoms with Gasteiger partial charge in [-0.15, -0.1) is 0 Å². The van der Waals surface area contributed by atoms with Crippen molar-refractivity contribution in [1.29, 1.82) is 0 Å². The normalized spacial score (nSPS) is 22.9.